The van der Waals surface area contributed by atoms with Gasteiger partial charge in [-0.2, -0.15) is 4.31 Å². The molecule has 0 spiro atoms. The lowest BCUT2D eigenvalue weighted by Crippen LogP contribution is -2.51. The standard InChI is InChI=1S/C19H20Cl2N4O4S2/c1-12-11-25(9-8-22-12)31(28,29)14-4-2-13(3-5-14)30(26,27)24-17-7-6-15(20)18-16(21)10-23-19(17)18/h2-7,10,12,22-24H,8-9,11H2,1H3. The summed E-state index contributed by atoms with van der Waals surface area (Å²) in [4.78, 5) is 2.89. The summed E-state index contributed by atoms with van der Waals surface area (Å²) in [6.45, 7) is 3.19. The van der Waals surface area contributed by atoms with Crippen molar-refractivity contribution < 1.29 is 16.8 Å². The van der Waals surface area contributed by atoms with Crippen molar-refractivity contribution >= 4 is 59.8 Å². The molecule has 1 aliphatic rings. The molecule has 3 aromatic rings. The van der Waals surface area contributed by atoms with Crippen molar-refractivity contribution in [1.82, 2.24) is 14.6 Å². The smallest absolute Gasteiger partial charge is 0.261 e. The predicted molar refractivity (Wildman–Crippen MR) is 122 cm³/mol. The first-order chi connectivity index (χ1) is 14.6. The van der Waals surface area contributed by atoms with E-state index in [9.17, 15) is 16.8 Å². The number of nitrogens with zero attached hydrogens (tertiary/aromatic N) is 1. The summed E-state index contributed by atoms with van der Waals surface area (Å²) in [5, 5.41) is 4.46. The number of piperazine rings is 1. The van der Waals surface area contributed by atoms with E-state index in [-0.39, 0.29) is 21.5 Å². The maximum atomic E-state index is 12.9. The van der Waals surface area contributed by atoms with Crippen LogP contribution in [0, 0.1) is 0 Å². The highest BCUT2D eigenvalue weighted by Gasteiger charge is 2.29. The Morgan fingerprint density at radius 3 is 2.35 bits per heavy atom. The van der Waals surface area contributed by atoms with Gasteiger partial charge in [-0.1, -0.05) is 23.2 Å². The molecule has 0 radical (unpaired) electrons. The molecule has 1 aliphatic heterocycles. The van der Waals surface area contributed by atoms with Gasteiger partial charge in [-0.25, -0.2) is 16.8 Å². The van der Waals surface area contributed by atoms with Crippen molar-refractivity contribution in [3.05, 3.63) is 52.6 Å². The third kappa shape index (κ3) is 4.28. The minimum atomic E-state index is -3.98. The number of benzene rings is 2. The Morgan fingerprint density at radius 1 is 1.00 bits per heavy atom. The lowest BCUT2D eigenvalue weighted by Gasteiger charge is -2.31. The molecular formula is C19H20Cl2N4O4S2. The van der Waals surface area contributed by atoms with Gasteiger partial charge in [-0.15, -0.1) is 0 Å². The number of hydrogen-bond acceptors (Lipinski definition) is 5. The summed E-state index contributed by atoms with van der Waals surface area (Å²) < 4.78 is 55.4. The van der Waals surface area contributed by atoms with E-state index in [4.69, 9.17) is 23.2 Å². The number of rotatable bonds is 5. The second-order valence-corrected chi connectivity index (χ2v) is 11.7. The Labute approximate surface area is 190 Å². The highest BCUT2D eigenvalue weighted by Crippen LogP contribution is 2.35. The Balaban J connectivity index is 1.61. The first kappa shape index (κ1) is 22.4. The highest BCUT2D eigenvalue weighted by molar-refractivity contribution is 7.92. The highest BCUT2D eigenvalue weighted by atomic mass is 35.5. The number of anilines is 1. The zero-order valence-corrected chi connectivity index (χ0v) is 19.5. The van der Waals surface area contributed by atoms with E-state index in [1.54, 1.807) is 6.07 Å². The van der Waals surface area contributed by atoms with Crippen molar-refractivity contribution in [3.63, 3.8) is 0 Å². The Kier molecular flexibility index (Phi) is 5.97. The number of H-pyrrole nitrogens is 1. The zero-order chi connectivity index (χ0) is 22.4. The Hall–Kier alpha value is -1.82. The van der Waals surface area contributed by atoms with Crippen molar-refractivity contribution in [1.29, 1.82) is 0 Å². The molecule has 31 heavy (non-hydrogen) atoms. The molecule has 0 amide bonds. The van der Waals surface area contributed by atoms with Gasteiger partial charge in [0.15, 0.2) is 0 Å². The van der Waals surface area contributed by atoms with Gasteiger partial charge in [-0.3, -0.25) is 4.72 Å². The Morgan fingerprint density at radius 2 is 1.68 bits per heavy atom. The lowest BCUT2D eigenvalue weighted by molar-refractivity contribution is 0.310. The first-order valence-electron chi connectivity index (χ1n) is 9.41. The van der Waals surface area contributed by atoms with Crippen LogP contribution in [0.2, 0.25) is 10.0 Å². The van der Waals surface area contributed by atoms with Crippen LogP contribution in [0.15, 0.2) is 52.4 Å². The molecular weight excluding hydrogens is 483 g/mol. The van der Waals surface area contributed by atoms with Crippen LogP contribution in [0.3, 0.4) is 0 Å². The van der Waals surface area contributed by atoms with Gasteiger partial charge in [0, 0.05) is 37.3 Å². The monoisotopic (exact) mass is 502 g/mol. The maximum Gasteiger partial charge on any atom is 0.261 e. The zero-order valence-electron chi connectivity index (χ0n) is 16.4. The second-order valence-electron chi connectivity index (χ2n) is 7.28. The second kappa shape index (κ2) is 8.27. The van der Waals surface area contributed by atoms with Gasteiger partial charge in [0.05, 0.1) is 31.0 Å². The number of fused-ring (bicyclic) bond motifs is 1. The van der Waals surface area contributed by atoms with E-state index >= 15 is 0 Å². The molecule has 1 aromatic heterocycles. The van der Waals surface area contributed by atoms with Gasteiger partial charge < -0.3 is 10.3 Å². The summed E-state index contributed by atoms with van der Waals surface area (Å²) >= 11 is 12.3. The van der Waals surface area contributed by atoms with Crippen LogP contribution in [-0.2, 0) is 20.0 Å². The molecule has 166 valence electrons. The molecule has 1 fully saturated rings. The molecule has 2 aromatic carbocycles. The van der Waals surface area contributed by atoms with Crippen LogP contribution in [0.1, 0.15) is 6.92 Å². The minimum absolute atomic E-state index is 0.0464. The molecule has 0 bridgehead atoms. The number of hydrogen-bond donors (Lipinski definition) is 3. The van der Waals surface area contributed by atoms with Gasteiger partial charge in [0.25, 0.3) is 10.0 Å². The van der Waals surface area contributed by atoms with E-state index in [1.165, 1.54) is 40.8 Å². The van der Waals surface area contributed by atoms with Crippen LogP contribution in [0.4, 0.5) is 5.69 Å². The fourth-order valence-electron chi connectivity index (χ4n) is 3.51. The SMILES string of the molecule is CC1CN(S(=O)(=O)c2ccc(S(=O)(=O)Nc3ccc(Cl)c4c(Cl)c[nH]c34)cc2)CCN1. The van der Waals surface area contributed by atoms with E-state index in [1.807, 2.05) is 6.92 Å². The molecule has 2 heterocycles. The van der Waals surface area contributed by atoms with Crippen LogP contribution < -0.4 is 10.0 Å². The van der Waals surface area contributed by atoms with Crippen molar-refractivity contribution in [2.45, 2.75) is 22.8 Å². The summed E-state index contributed by atoms with van der Waals surface area (Å²) in [6, 6.07) is 8.28. The van der Waals surface area contributed by atoms with Crippen LogP contribution in [0.5, 0.6) is 0 Å². The molecule has 12 heteroatoms. The van der Waals surface area contributed by atoms with E-state index in [2.05, 4.69) is 15.0 Å². The average Bonchev–Trinajstić information content (AvgIpc) is 3.13. The largest absolute Gasteiger partial charge is 0.358 e. The fourth-order valence-corrected chi connectivity index (χ4v) is 6.67. The summed E-state index contributed by atoms with van der Waals surface area (Å²) in [5.74, 6) is 0. The van der Waals surface area contributed by atoms with Crippen LogP contribution in [0.25, 0.3) is 10.9 Å². The van der Waals surface area contributed by atoms with E-state index in [0.717, 1.165) is 0 Å². The molecule has 0 saturated carbocycles. The van der Waals surface area contributed by atoms with Crippen molar-refractivity contribution in [2.24, 2.45) is 0 Å². The molecule has 8 nitrogen and oxygen atoms in total. The molecule has 4 rings (SSSR count). The molecule has 3 N–H and O–H groups in total. The van der Waals surface area contributed by atoms with E-state index in [0.29, 0.717) is 40.6 Å². The lowest BCUT2D eigenvalue weighted by atomic mass is 10.2. The van der Waals surface area contributed by atoms with Crippen molar-refractivity contribution in [2.75, 3.05) is 24.4 Å². The maximum absolute atomic E-state index is 12.9. The summed E-state index contributed by atoms with van der Waals surface area (Å²) in [6.07, 6.45) is 1.52. The van der Waals surface area contributed by atoms with Crippen LogP contribution >= 0.6 is 23.2 Å². The fraction of sp³-hybridized carbons (Fsp3) is 0.263. The molecule has 1 atom stereocenters. The third-order valence-corrected chi connectivity index (χ3v) is 8.96. The normalized spacial score (nSPS) is 18.4. The van der Waals surface area contributed by atoms with Crippen LogP contribution in [-0.4, -0.2) is 51.8 Å². The Bertz CT molecular complexity index is 1340. The van der Waals surface area contributed by atoms with Gasteiger partial charge in [0.1, 0.15) is 0 Å². The summed E-state index contributed by atoms with van der Waals surface area (Å²) in [7, 11) is -7.68. The first-order valence-corrected chi connectivity index (χ1v) is 13.1. The third-order valence-electron chi connectivity index (χ3n) is 5.08. The topological polar surface area (TPSA) is 111 Å². The van der Waals surface area contributed by atoms with Gasteiger partial charge in [-0.05, 0) is 43.3 Å². The number of aromatic nitrogens is 1. The van der Waals surface area contributed by atoms with Gasteiger partial charge >= 0.3 is 0 Å². The minimum Gasteiger partial charge on any atom is -0.358 e. The number of sulfonamides is 2. The number of nitrogens with one attached hydrogen (secondary N) is 3. The summed E-state index contributed by atoms with van der Waals surface area (Å²) in [5.41, 5.74) is 0.728. The molecule has 1 saturated heterocycles. The quantitative estimate of drug-likeness (QED) is 0.495. The molecule has 1 unspecified atom stereocenters. The number of halogens is 2. The number of aromatic amines is 1. The van der Waals surface area contributed by atoms with Gasteiger partial charge in [0.2, 0.25) is 10.0 Å². The van der Waals surface area contributed by atoms with E-state index < -0.39 is 20.0 Å². The molecule has 0 aliphatic carbocycles. The average molecular weight is 503 g/mol. The predicted octanol–water partition coefficient (Wildman–Crippen LogP) is 3.26. The van der Waals surface area contributed by atoms with Crippen molar-refractivity contribution in [3.8, 4) is 0 Å².